The van der Waals surface area contributed by atoms with Crippen LogP contribution in [-0.4, -0.2) is 26.2 Å². The van der Waals surface area contributed by atoms with Crippen molar-refractivity contribution in [3.05, 3.63) is 42.5 Å². The number of rotatable bonds is 4. The predicted octanol–water partition coefficient (Wildman–Crippen LogP) is 2.28. The van der Waals surface area contributed by atoms with Crippen LogP contribution in [0.25, 0.3) is 10.8 Å². The first kappa shape index (κ1) is 14.5. The lowest BCUT2D eigenvalue weighted by Gasteiger charge is -2.16. The van der Waals surface area contributed by atoms with Crippen LogP contribution < -0.4 is 4.72 Å². The SMILES string of the molecule is O=S(=O)(NC[C@@H]1CCC[C@H]1O)c1cccc2ccccc12. The van der Waals surface area contributed by atoms with Crippen LogP contribution in [0.15, 0.2) is 47.4 Å². The Morgan fingerprint density at radius 2 is 1.86 bits per heavy atom. The van der Waals surface area contributed by atoms with Gasteiger partial charge < -0.3 is 5.11 Å². The molecule has 4 nitrogen and oxygen atoms in total. The first-order valence-electron chi connectivity index (χ1n) is 7.23. The Labute approximate surface area is 124 Å². The third-order valence-electron chi connectivity index (χ3n) is 4.19. The number of hydrogen-bond donors (Lipinski definition) is 2. The van der Waals surface area contributed by atoms with Gasteiger partial charge in [-0.05, 0) is 30.2 Å². The summed E-state index contributed by atoms with van der Waals surface area (Å²) in [6.45, 7) is 0.298. The maximum atomic E-state index is 12.5. The highest BCUT2D eigenvalue weighted by Gasteiger charge is 2.27. The summed E-state index contributed by atoms with van der Waals surface area (Å²) in [5.41, 5.74) is 0. The average molecular weight is 305 g/mol. The molecule has 1 aliphatic carbocycles. The van der Waals surface area contributed by atoms with Crippen molar-refractivity contribution in [3.8, 4) is 0 Å². The van der Waals surface area contributed by atoms with Crippen molar-refractivity contribution in [3.63, 3.8) is 0 Å². The van der Waals surface area contributed by atoms with Gasteiger partial charge in [-0.15, -0.1) is 0 Å². The molecule has 0 saturated heterocycles. The number of aliphatic hydroxyl groups is 1. The molecular weight excluding hydrogens is 286 g/mol. The van der Waals surface area contributed by atoms with E-state index in [-0.39, 0.29) is 12.0 Å². The van der Waals surface area contributed by atoms with E-state index in [1.54, 1.807) is 12.1 Å². The normalized spacial score (nSPS) is 22.7. The van der Waals surface area contributed by atoms with E-state index in [2.05, 4.69) is 4.72 Å². The lowest BCUT2D eigenvalue weighted by Crippen LogP contribution is -2.32. The van der Waals surface area contributed by atoms with Crippen LogP contribution in [-0.2, 0) is 10.0 Å². The first-order chi connectivity index (χ1) is 10.1. The van der Waals surface area contributed by atoms with Gasteiger partial charge in [0.25, 0.3) is 0 Å². The van der Waals surface area contributed by atoms with Gasteiger partial charge in [-0.3, -0.25) is 0 Å². The summed E-state index contributed by atoms with van der Waals surface area (Å²) in [4.78, 5) is 0.299. The molecule has 1 fully saturated rings. The highest BCUT2D eigenvalue weighted by Crippen LogP contribution is 2.26. The standard InChI is InChI=1S/C16H19NO3S/c18-15-9-3-7-13(15)11-17-21(19,20)16-10-4-6-12-5-1-2-8-14(12)16/h1-2,4-6,8,10,13,15,17-18H,3,7,9,11H2/t13-,15+/m0/s1. The van der Waals surface area contributed by atoms with Gasteiger partial charge in [-0.2, -0.15) is 0 Å². The van der Waals surface area contributed by atoms with Gasteiger partial charge in [-0.1, -0.05) is 42.8 Å². The molecule has 1 saturated carbocycles. The minimum Gasteiger partial charge on any atom is -0.393 e. The molecule has 0 radical (unpaired) electrons. The Kier molecular flexibility index (Phi) is 3.97. The van der Waals surface area contributed by atoms with E-state index in [9.17, 15) is 13.5 Å². The van der Waals surface area contributed by atoms with E-state index >= 15 is 0 Å². The molecule has 21 heavy (non-hydrogen) atoms. The topological polar surface area (TPSA) is 66.4 Å². The van der Waals surface area contributed by atoms with Crippen molar-refractivity contribution in [1.82, 2.24) is 4.72 Å². The van der Waals surface area contributed by atoms with Gasteiger partial charge in [0.2, 0.25) is 10.0 Å². The molecule has 0 unspecified atom stereocenters. The maximum Gasteiger partial charge on any atom is 0.241 e. The molecule has 0 aliphatic heterocycles. The molecule has 0 aromatic heterocycles. The van der Waals surface area contributed by atoms with Crippen molar-refractivity contribution in [2.45, 2.75) is 30.3 Å². The van der Waals surface area contributed by atoms with E-state index < -0.39 is 10.0 Å². The molecule has 1 aliphatic rings. The Bertz CT molecular complexity index is 737. The van der Waals surface area contributed by atoms with E-state index in [4.69, 9.17) is 0 Å². The van der Waals surface area contributed by atoms with Gasteiger partial charge in [0.05, 0.1) is 11.0 Å². The molecule has 112 valence electrons. The summed E-state index contributed by atoms with van der Waals surface area (Å²) in [5.74, 6) is 0.0229. The van der Waals surface area contributed by atoms with Crippen LogP contribution in [0, 0.1) is 5.92 Å². The fourth-order valence-corrected chi connectivity index (χ4v) is 4.30. The molecule has 0 heterocycles. The molecule has 0 amide bonds. The molecule has 5 heteroatoms. The zero-order valence-electron chi connectivity index (χ0n) is 11.7. The Hall–Kier alpha value is -1.43. The lowest BCUT2D eigenvalue weighted by molar-refractivity contribution is 0.134. The minimum atomic E-state index is -3.56. The number of nitrogens with one attached hydrogen (secondary N) is 1. The van der Waals surface area contributed by atoms with E-state index in [0.29, 0.717) is 11.4 Å². The van der Waals surface area contributed by atoms with Gasteiger partial charge in [0.1, 0.15) is 0 Å². The molecule has 2 aromatic carbocycles. The second-order valence-electron chi connectivity index (χ2n) is 5.59. The summed E-state index contributed by atoms with van der Waals surface area (Å²) in [7, 11) is -3.56. The third-order valence-corrected chi connectivity index (χ3v) is 5.68. The third kappa shape index (κ3) is 2.95. The number of aliphatic hydroxyl groups excluding tert-OH is 1. The molecular formula is C16H19NO3S. The van der Waals surface area contributed by atoms with Crippen molar-refractivity contribution < 1.29 is 13.5 Å². The average Bonchev–Trinajstić information content (AvgIpc) is 2.90. The van der Waals surface area contributed by atoms with E-state index in [1.807, 2.05) is 30.3 Å². The quantitative estimate of drug-likeness (QED) is 0.910. The van der Waals surface area contributed by atoms with E-state index in [0.717, 1.165) is 30.0 Å². The van der Waals surface area contributed by atoms with Crippen molar-refractivity contribution in [2.75, 3.05) is 6.54 Å². The molecule has 2 aromatic rings. The second-order valence-corrected chi connectivity index (χ2v) is 7.32. The summed E-state index contributed by atoms with van der Waals surface area (Å²) >= 11 is 0. The summed E-state index contributed by atoms with van der Waals surface area (Å²) in [5, 5.41) is 11.4. The fraction of sp³-hybridized carbons (Fsp3) is 0.375. The Balaban J connectivity index is 1.86. The fourth-order valence-electron chi connectivity index (χ4n) is 2.98. The first-order valence-corrected chi connectivity index (χ1v) is 8.72. The molecule has 2 atom stereocenters. The number of benzene rings is 2. The molecule has 0 bridgehead atoms. The van der Waals surface area contributed by atoms with Crippen LogP contribution in [0.2, 0.25) is 0 Å². The Morgan fingerprint density at radius 1 is 1.10 bits per heavy atom. The van der Waals surface area contributed by atoms with Crippen LogP contribution >= 0.6 is 0 Å². The summed E-state index contributed by atoms with van der Waals surface area (Å²) in [6, 6.07) is 12.7. The monoisotopic (exact) mass is 305 g/mol. The Morgan fingerprint density at radius 3 is 2.62 bits per heavy atom. The van der Waals surface area contributed by atoms with Gasteiger partial charge in [-0.25, -0.2) is 13.1 Å². The predicted molar refractivity (Wildman–Crippen MR) is 82.5 cm³/mol. The van der Waals surface area contributed by atoms with Crippen LogP contribution in [0.5, 0.6) is 0 Å². The smallest absolute Gasteiger partial charge is 0.241 e. The number of fused-ring (bicyclic) bond motifs is 1. The van der Waals surface area contributed by atoms with Gasteiger partial charge >= 0.3 is 0 Å². The maximum absolute atomic E-state index is 12.5. The molecule has 0 spiro atoms. The zero-order valence-corrected chi connectivity index (χ0v) is 12.5. The lowest BCUT2D eigenvalue weighted by atomic mass is 10.1. The summed E-state index contributed by atoms with van der Waals surface area (Å²) in [6.07, 6.45) is 2.21. The van der Waals surface area contributed by atoms with Crippen molar-refractivity contribution in [2.24, 2.45) is 5.92 Å². The van der Waals surface area contributed by atoms with Crippen LogP contribution in [0.4, 0.5) is 0 Å². The van der Waals surface area contributed by atoms with Gasteiger partial charge in [0.15, 0.2) is 0 Å². The van der Waals surface area contributed by atoms with Crippen molar-refractivity contribution >= 4 is 20.8 Å². The zero-order chi connectivity index (χ0) is 14.9. The van der Waals surface area contributed by atoms with Crippen molar-refractivity contribution in [1.29, 1.82) is 0 Å². The van der Waals surface area contributed by atoms with Gasteiger partial charge in [0, 0.05) is 11.9 Å². The molecule has 3 rings (SSSR count). The molecule has 2 N–H and O–H groups in total. The van der Waals surface area contributed by atoms with Crippen LogP contribution in [0.1, 0.15) is 19.3 Å². The number of hydrogen-bond acceptors (Lipinski definition) is 3. The van der Waals surface area contributed by atoms with Crippen LogP contribution in [0.3, 0.4) is 0 Å². The largest absolute Gasteiger partial charge is 0.393 e. The minimum absolute atomic E-state index is 0.0229. The number of sulfonamides is 1. The highest BCUT2D eigenvalue weighted by atomic mass is 32.2. The van der Waals surface area contributed by atoms with E-state index in [1.165, 1.54) is 0 Å². The highest BCUT2D eigenvalue weighted by molar-refractivity contribution is 7.89. The second kappa shape index (κ2) is 5.75. The summed E-state index contributed by atoms with van der Waals surface area (Å²) < 4.78 is 27.7.